The predicted molar refractivity (Wildman–Crippen MR) is 101 cm³/mol. The fourth-order valence-corrected chi connectivity index (χ4v) is 4.26. The van der Waals surface area contributed by atoms with Crippen LogP contribution in [0.4, 0.5) is 0 Å². The molecular formula is C18H18N4OS2. The van der Waals surface area contributed by atoms with Gasteiger partial charge < -0.3 is 5.32 Å². The van der Waals surface area contributed by atoms with Gasteiger partial charge in [0.05, 0.1) is 10.9 Å². The average Bonchev–Trinajstić information content (AvgIpc) is 3.26. The maximum absolute atomic E-state index is 12.6. The number of hydrogen-bond donors (Lipinski definition) is 2. The summed E-state index contributed by atoms with van der Waals surface area (Å²) in [4.78, 5) is 13.6. The smallest absolute Gasteiger partial charge is 0.240 e. The van der Waals surface area contributed by atoms with Crippen LogP contribution in [0.2, 0.25) is 0 Å². The number of benzene rings is 1. The van der Waals surface area contributed by atoms with Gasteiger partial charge in [-0.2, -0.15) is 5.10 Å². The van der Waals surface area contributed by atoms with Crippen LogP contribution in [0.15, 0.2) is 41.8 Å². The molecule has 25 heavy (non-hydrogen) atoms. The van der Waals surface area contributed by atoms with Crippen molar-refractivity contribution in [3.05, 3.63) is 57.7 Å². The standard InChI is InChI=1S/C18H18N4OS2/c23-16(19-14-8-3-6-12-5-1-2-7-13(12)14)11-22-17(20-21-18(22)24)15-9-4-10-25-15/h1-2,4-5,7,9-10,14H,3,6,8,11H2,(H,19,23)(H,21,24)/t14-/m0/s1. The Morgan fingerprint density at radius 3 is 3.08 bits per heavy atom. The summed E-state index contributed by atoms with van der Waals surface area (Å²) in [6.45, 7) is 0.168. The van der Waals surface area contributed by atoms with Gasteiger partial charge in [-0.1, -0.05) is 30.3 Å². The molecule has 0 bridgehead atoms. The molecule has 3 aromatic rings. The van der Waals surface area contributed by atoms with E-state index in [1.807, 2.05) is 23.6 Å². The van der Waals surface area contributed by atoms with Gasteiger partial charge in [-0.15, -0.1) is 11.3 Å². The van der Waals surface area contributed by atoms with Gasteiger partial charge in [0.1, 0.15) is 6.54 Å². The first kappa shape index (κ1) is 16.2. The lowest BCUT2D eigenvalue weighted by Crippen LogP contribution is -2.33. The van der Waals surface area contributed by atoms with Gasteiger partial charge >= 0.3 is 0 Å². The van der Waals surface area contributed by atoms with E-state index in [1.165, 1.54) is 11.1 Å². The SMILES string of the molecule is O=C(Cn1c(-c2cccs2)n[nH]c1=S)N[C@H]1CCCc2ccccc21. The van der Waals surface area contributed by atoms with Crippen molar-refractivity contribution in [3.8, 4) is 10.7 Å². The zero-order valence-corrected chi connectivity index (χ0v) is 15.2. The van der Waals surface area contributed by atoms with Crippen LogP contribution in [-0.2, 0) is 17.8 Å². The molecule has 128 valence electrons. The molecular weight excluding hydrogens is 352 g/mol. The van der Waals surface area contributed by atoms with Gasteiger partial charge in [-0.25, -0.2) is 0 Å². The molecule has 0 aliphatic heterocycles. The predicted octanol–water partition coefficient (Wildman–Crippen LogP) is 3.86. The fourth-order valence-electron chi connectivity index (χ4n) is 3.35. The summed E-state index contributed by atoms with van der Waals surface area (Å²) in [5.41, 5.74) is 2.56. The zero-order valence-electron chi connectivity index (χ0n) is 13.6. The van der Waals surface area contributed by atoms with Crippen LogP contribution >= 0.6 is 23.6 Å². The van der Waals surface area contributed by atoms with E-state index in [1.54, 1.807) is 15.9 Å². The fraction of sp³-hybridized carbons (Fsp3) is 0.278. The molecule has 2 aromatic heterocycles. The van der Waals surface area contributed by atoms with Gasteiger partial charge in [0.25, 0.3) is 0 Å². The summed E-state index contributed by atoms with van der Waals surface area (Å²) >= 11 is 6.88. The zero-order chi connectivity index (χ0) is 17.2. The Bertz CT molecular complexity index is 942. The molecule has 1 aliphatic carbocycles. The van der Waals surface area contributed by atoms with Crippen molar-refractivity contribution in [1.29, 1.82) is 0 Å². The Morgan fingerprint density at radius 1 is 1.36 bits per heavy atom. The van der Waals surface area contributed by atoms with E-state index in [9.17, 15) is 4.79 Å². The molecule has 1 atom stereocenters. The molecule has 1 amide bonds. The summed E-state index contributed by atoms with van der Waals surface area (Å²) in [7, 11) is 0. The van der Waals surface area contributed by atoms with Crippen molar-refractivity contribution in [3.63, 3.8) is 0 Å². The maximum atomic E-state index is 12.6. The molecule has 0 spiro atoms. The van der Waals surface area contributed by atoms with Crippen LogP contribution in [0.3, 0.4) is 0 Å². The van der Waals surface area contributed by atoms with E-state index in [-0.39, 0.29) is 18.5 Å². The molecule has 1 aromatic carbocycles. The highest BCUT2D eigenvalue weighted by Gasteiger charge is 2.22. The largest absolute Gasteiger partial charge is 0.348 e. The molecule has 7 heteroatoms. The molecule has 5 nitrogen and oxygen atoms in total. The van der Waals surface area contributed by atoms with Crippen molar-refractivity contribution in [2.75, 3.05) is 0 Å². The highest BCUT2D eigenvalue weighted by Crippen LogP contribution is 2.29. The second-order valence-electron chi connectivity index (χ2n) is 6.13. The van der Waals surface area contributed by atoms with Gasteiger partial charge in [0.2, 0.25) is 5.91 Å². The third-order valence-electron chi connectivity index (χ3n) is 4.51. The molecule has 0 radical (unpaired) electrons. The number of aryl methyl sites for hydroxylation is 1. The highest BCUT2D eigenvalue weighted by atomic mass is 32.1. The van der Waals surface area contributed by atoms with Crippen LogP contribution in [0, 0.1) is 4.77 Å². The molecule has 0 saturated heterocycles. The Kier molecular flexibility index (Phi) is 4.50. The van der Waals surface area contributed by atoms with Crippen LogP contribution in [0.25, 0.3) is 10.7 Å². The van der Waals surface area contributed by atoms with Crippen molar-refractivity contribution in [2.45, 2.75) is 31.8 Å². The van der Waals surface area contributed by atoms with Crippen LogP contribution < -0.4 is 5.32 Å². The van der Waals surface area contributed by atoms with Gasteiger partial charge in [-0.3, -0.25) is 14.5 Å². The second kappa shape index (κ2) is 6.93. The Hall–Kier alpha value is -2.25. The number of hydrogen-bond acceptors (Lipinski definition) is 4. The summed E-state index contributed by atoms with van der Waals surface area (Å²) in [6, 6.07) is 12.4. The van der Waals surface area contributed by atoms with Crippen LogP contribution in [0.5, 0.6) is 0 Å². The number of nitrogens with zero attached hydrogens (tertiary/aromatic N) is 2. The van der Waals surface area contributed by atoms with E-state index >= 15 is 0 Å². The minimum absolute atomic E-state index is 0.0444. The molecule has 1 aliphatic rings. The molecule has 0 unspecified atom stereocenters. The number of aromatic amines is 1. The lowest BCUT2D eigenvalue weighted by atomic mass is 9.88. The molecule has 0 saturated carbocycles. The Balaban J connectivity index is 1.53. The lowest BCUT2D eigenvalue weighted by Gasteiger charge is -2.26. The highest BCUT2D eigenvalue weighted by molar-refractivity contribution is 7.71. The van der Waals surface area contributed by atoms with Crippen molar-refractivity contribution >= 4 is 29.5 Å². The molecule has 2 heterocycles. The number of nitrogens with one attached hydrogen (secondary N) is 2. The van der Waals surface area contributed by atoms with E-state index in [4.69, 9.17) is 12.2 Å². The van der Waals surface area contributed by atoms with E-state index < -0.39 is 0 Å². The third kappa shape index (κ3) is 3.29. The number of fused-ring (bicyclic) bond motifs is 1. The molecule has 2 N–H and O–H groups in total. The number of rotatable bonds is 4. The Morgan fingerprint density at radius 2 is 2.24 bits per heavy atom. The topological polar surface area (TPSA) is 62.7 Å². The quantitative estimate of drug-likeness (QED) is 0.686. The minimum Gasteiger partial charge on any atom is -0.348 e. The number of amides is 1. The second-order valence-corrected chi connectivity index (χ2v) is 7.46. The average molecular weight is 371 g/mol. The van der Waals surface area contributed by atoms with Gasteiger partial charge in [-0.05, 0) is 54.1 Å². The van der Waals surface area contributed by atoms with Crippen LogP contribution in [-0.4, -0.2) is 20.7 Å². The van der Waals surface area contributed by atoms with Crippen molar-refractivity contribution in [2.24, 2.45) is 0 Å². The number of thiophene rings is 1. The minimum atomic E-state index is -0.0444. The first-order valence-corrected chi connectivity index (χ1v) is 9.57. The van der Waals surface area contributed by atoms with E-state index in [0.29, 0.717) is 10.6 Å². The first-order valence-electron chi connectivity index (χ1n) is 8.28. The van der Waals surface area contributed by atoms with Gasteiger partial charge in [0, 0.05) is 0 Å². The first-order chi connectivity index (χ1) is 12.2. The van der Waals surface area contributed by atoms with E-state index in [0.717, 1.165) is 24.1 Å². The summed E-state index contributed by atoms with van der Waals surface area (Å²) in [5.74, 6) is 0.663. The summed E-state index contributed by atoms with van der Waals surface area (Å²) in [6.07, 6.45) is 3.14. The van der Waals surface area contributed by atoms with Crippen molar-refractivity contribution in [1.82, 2.24) is 20.1 Å². The third-order valence-corrected chi connectivity index (χ3v) is 5.68. The van der Waals surface area contributed by atoms with E-state index in [2.05, 4.69) is 33.7 Å². The molecule has 4 rings (SSSR count). The maximum Gasteiger partial charge on any atom is 0.240 e. The van der Waals surface area contributed by atoms with Gasteiger partial charge in [0.15, 0.2) is 10.6 Å². The normalized spacial score (nSPS) is 16.4. The number of carbonyl (C=O) groups excluding carboxylic acids is 1. The monoisotopic (exact) mass is 370 g/mol. The van der Waals surface area contributed by atoms with Crippen molar-refractivity contribution < 1.29 is 4.79 Å². The number of H-pyrrole nitrogens is 1. The Labute approximate surface area is 154 Å². The lowest BCUT2D eigenvalue weighted by molar-refractivity contribution is -0.122. The summed E-state index contributed by atoms with van der Waals surface area (Å²) < 4.78 is 2.22. The van der Waals surface area contributed by atoms with Crippen LogP contribution in [0.1, 0.15) is 30.0 Å². The number of carbonyl (C=O) groups is 1. The summed E-state index contributed by atoms with van der Waals surface area (Å²) in [5, 5.41) is 12.2. The molecule has 0 fully saturated rings. The number of aromatic nitrogens is 3.